The molecule has 0 aliphatic carbocycles. The van der Waals surface area contributed by atoms with Crippen molar-refractivity contribution in [2.24, 2.45) is 0 Å². The van der Waals surface area contributed by atoms with Crippen LogP contribution in [0.2, 0.25) is 5.02 Å². The van der Waals surface area contributed by atoms with E-state index in [-0.39, 0.29) is 5.91 Å². The Kier molecular flexibility index (Phi) is 5.45. The molecule has 5 rings (SSSR count). The van der Waals surface area contributed by atoms with Crippen LogP contribution in [0, 0.1) is 0 Å². The number of nitrogens with one attached hydrogen (secondary N) is 1. The lowest BCUT2D eigenvalue weighted by molar-refractivity contribution is 0.0747. The fraction of sp³-hybridized carbons (Fsp3) is 0.200. The van der Waals surface area contributed by atoms with Crippen molar-refractivity contribution in [1.82, 2.24) is 14.9 Å². The summed E-state index contributed by atoms with van der Waals surface area (Å²) in [5.41, 5.74) is 4.51. The number of piperazine rings is 1. The summed E-state index contributed by atoms with van der Waals surface area (Å²) in [5, 5.41) is 0.667. The molecule has 0 radical (unpaired) electrons. The number of aromatic nitrogens is 2. The van der Waals surface area contributed by atoms with Gasteiger partial charge in [-0.1, -0.05) is 23.7 Å². The number of H-pyrrole nitrogens is 1. The maximum atomic E-state index is 13.0. The molecule has 1 amide bonds. The number of carbonyl (C=O) groups is 1. The van der Waals surface area contributed by atoms with E-state index >= 15 is 0 Å². The van der Waals surface area contributed by atoms with Crippen LogP contribution in [0.5, 0.6) is 5.75 Å². The van der Waals surface area contributed by atoms with Crippen molar-refractivity contribution in [2.45, 2.75) is 0 Å². The minimum atomic E-state index is 0.0577. The molecule has 3 aromatic carbocycles. The van der Waals surface area contributed by atoms with Gasteiger partial charge in [-0.2, -0.15) is 0 Å². The van der Waals surface area contributed by atoms with E-state index in [1.54, 1.807) is 7.11 Å². The highest BCUT2D eigenvalue weighted by Gasteiger charge is 2.22. The van der Waals surface area contributed by atoms with Gasteiger partial charge in [-0.3, -0.25) is 4.79 Å². The Balaban J connectivity index is 1.24. The van der Waals surface area contributed by atoms with Gasteiger partial charge in [0.25, 0.3) is 5.91 Å². The molecule has 32 heavy (non-hydrogen) atoms. The fourth-order valence-corrected chi connectivity index (χ4v) is 4.20. The van der Waals surface area contributed by atoms with Crippen molar-refractivity contribution in [2.75, 3.05) is 38.2 Å². The highest BCUT2D eigenvalue weighted by atomic mass is 35.5. The third-order valence-electron chi connectivity index (χ3n) is 5.85. The number of rotatable bonds is 4. The Bertz CT molecular complexity index is 1240. The van der Waals surface area contributed by atoms with Crippen molar-refractivity contribution in [3.63, 3.8) is 0 Å². The second-order valence-electron chi connectivity index (χ2n) is 7.80. The van der Waals surface area contributed by atoms with Gasteiger partial charge in [0.05, 0.1) is 18.1 Å². The third-order valence-corrected chi connectivity index (χ3v) is 6.09. The lowest BCUT2D eigenvalue weighted by Crippen LogP contribution is -2.48. The number of ether oxygens (including phenoxy) is 1. The first-order chi connectivity index (χ1) is 15.6. The molecule has 6 nitrogen and oxygen atoms in total. The summed E-state index contributed by atoms with van der Waals surface area (Å²) in [5.74, 6) is 1.66. The number of nitrogens with zero attached hydrogens (tertiary/aromatic N) is 3. The number of amides is 1. The largest absolute Gasteiger partial charge is 0.497 e. The van der Waals surface area contributed by atoms with Crippen LogP contribution in [0.15, 0.2) is 66.7 Å². The summed E-state index contributed by atoms with van der Waals surface area (Å²) in [6.45, 7) is 2.99. The lowest BCUT2D eigenvalue weighted by Gasteiger charge is -2.36. The highest BCUT2D eigenvalue weighted by molar-refractivity contribution is 6.31. The first-order valence-electron chi connectivity index (χ1n) is 10.5. The minimum absolute atomic E-state index is 0.0577. The normalized spacial score (nSPS) is 14.1. The molecule has 1 N–H and O–H groups in total. The molecule has 4 aromatic rings. The van der Waals surface area contributed by atoms with Crippen LogP contribution < -0.4 is 9.64 Å². The number of anilines is 1. The minimum Gasteiger partial charge on any atom is -0.497 e. The Morgan fingerprint density at radius 1 is 0.969 bits per heavy atom. The predicted molar refractivity (Wildman–Crippen MR) is 128 cm³/mol. The molecular formula is C25H23ClN4O2. The number of aromatic amines is 1. The summed E-state index contributed by atoms with van der Waals surface area (Å²) in [4.78, 5) is 25.1. The molecule has 0 bridgehead atoms. The van der Waals surface area contributed by atoms with E-state index in [1.807, 2.05) is 59.5 Å². The van der Waals surface area contributed by atoms with Gasteiger partial charge >= 0.3 is 0 Å². The average molecular weight is 447 g/mol. The molecule has 7 heteroatoms. The van der Waals surface area contributed by atoms with Crippen LogP contribution in [0.1, 0.15) is 10.4 Å². The van der Waals surface area contributed by atoms with Gasteiger partial charge in [-0.25, -0.2) is 4.98 Å². The van der Waals surface area contributed by atoms with Crippen molar-refractivity contribution < 1.29 is 9.53 Å². The highest BCUT2D eigenvalue weighted by Crippen LogP contribution is 2.24. The van der Waals surface area contributed by atoms with Crippen LogP contribution in [0.3, 0.4) is 0 Å². The summed E-state index contributed by atoms with van der Waals surface area (Å²) in [6, 6.07) is 21.2. The zero-order valence-corrected chi connectivity index (χ0v) is 18.5. The van der Waals surface area contributed by atoms with Crippen molar-refractivity contribution >= 4 is 34.2 Å². The van der Waals surface area contributed by atoms with Crippen molar-refractivity contribution in [3.05, 3.63) is 77.3 Å². The Morgan fingerprint density at radius 2 is 1.69 bits per heavy atom. The zero-order valence-electron chi connectivity index (χ0n) is 17.7. The maximum absolute atomic E-state index is 13.0. The zero-order chi connectivity index (χ0) is 22.1. The summed E-state index contributed by atoms with van der Waals surface area (Å²) in [6.07, 6.45) is 0. The van der Waals surface area contributed by atoms with E-state index in [2.05, 4.69) is 27.0 Å². The second kappa shape index (κ2) is 8.55. The number of hydrogen-bond acceptors (Lipinski definition) is 4. The van der Waals surface area contributed by atoms with Crippen molar-refractivity contribution in [1.29, 1.82) is 0 Å². The third kappa shape index (κ3) is 4.01. The van der Waals surface area contributed by atoms with Gasteiger partial charge in [0.1, 0.15) is 11.6 Å². The topological polar surface area (TPSA) is 61.5 Å². The number of carbonyl (C=O) groups excluding carboxylic acids is 1. The van der Waals surface area contributed by atoms with Crippen LogP contribution in [0.25, 0.3) is 22.4 Å². The Labute approximate surface area is 191 Å². The van der Waals surface area contributed by atoms with Gasteiger partial charge in [0, 0.05) is 48.0 Å². The molecule has 0 atom stereocenters. The fourth-order valence-electron chi connectivity index (χ4n) is 4.03. The standard InChI is InChI=1S/C25H23ClN4O2/c1-32-21-9-7-20(8-10-21)29-12-14-30(15-13-29)25(31)18-4-2-17(3-5-18)24-27-22-11-6-19(26)16-23(22)28-24/h2-11,16H,12-15H2,1H3,(H,27,28). The van der Waals surface area contributed by atoms with Crippen LogP contribution in [-0.4, -0.2) is 54.1 Å². The molecule has 1 aromatic heterocycles. The number of halogens is 1. The lowest BCUT2D eigenvalue weighted by atomic mass is 10.1. The van der Waals surface area contributed by atoms with Gasteiger partial charge in [0.2, 0.25) is 0 Å². The van der Waals surface area contributed by atoms with E-state index in [0.29, 0.717) is 23.7 Å². The smallest absolute Gasteiger partial charge is 0.253 e. The molecule has 1 aliphatic rings. The van der Waals surface area contributed by atoms with Gasteiger partial charge in [0.15, 0.2) is 0 Å². The van der Waals surface area contributed by atoms with E-state index in [4.69, 9.17) is 16.3 Å². The first-order valence-corrected chi connectivity index (χ1v) is 10.9. The Morgan fingerprint density at radius 3 is 2.38 bits per heavy atom. The molecule has 1 saturated heterocycles. The summed E-state index contributed by atoms with van der Waals surface area (Å²) in [7, 11) is 1.67. The predicted octanol–water partition coefficient (Wildman–Crippen LogP) is 4.85. The van der Waals surface area contributed by atoms with E-state index in [9.17, 15) is 4.79 Å². The molecule has 2 heterocycles. The molecule has 0 spiro atoms. The van der Waals surface area contributed by atoms with Crippen LogP contribution >= 0.6 is 11.6 Å². The van der Waals surface area contributed by atoms with Gasteiger partial charge < -0.3 is 19.5 Å². The maximum Gasteiger partial charge on any atom is 0.253 e. The van der Waals surface area contributed by atoms with Crippen LogP contribution in [-0.2, 0) is 0 Å². The van der Waals surface area contributed by atoms with E-state index in [0.717, 1.165) is 46.9 Å². The number of benzene rings is 3. The first kappa shape index (κ1) is 20.4. The molecule has 0 saturated carbocycles. The molecule has 0 unspecified atom stereocenters. The number of imidazole rings is 1. The monoisotopic (exact) mass is 446 g/mol. The summed E-state index contributed by atoms with van der Waals surface area (Å²) >= 11 is 6.06. The van der Waals surface area contributed by atoms with Crippen molar-refractivity contribution in [3.8, 4) is 17.1 Å². The SMILES string of the molecule is COc1ccc(N2CCN(C(=O)c3ccc(-c4nc5ccc(Cl)cc5[nH]4)cc3)CC2)cc1. The van der Waals surface area contributed by atoms with E-state index < -0.39 is 0 Å². The molecule has 1 aliphatic heterocycles. The van der Waals surface area contributed by atoms with Crippen LogP contribution in [0.4, 0.5) is 5.69 Å². The van der Waals surface area contributed by atoms with Gasteiger partial charge in [-0.05, 0) is 54.6 Å². The second-order valence-corrected chi connectivity index (χ2v) is 8.24. The number of methoxy groups -OCH3 is 1. The average Bonchev–Trinajstić information content (AvgIpc) is 3.27. The van der Waals surface area contributed by atoms with Gasteiger partial charge in [-0.15, -0.1) is 0 Å². The molecule has 1 fully saturated rings. The molecular weight excluding hydrogens is 424 g/mol. The Hall–Kier alpha value is -3.51. The quantitative estimate of drug-likeness (QED) is 0.486. The summed E-state index contributed by atoms with van der Waals surface area (Å²) < 4.78 is 5.23. The number of fused-ring (bicyclic) bond motifs is 1. The molecule has 162 valence electrons. The number of hydrogen-bond donors (Lipinski definition) is 1. The van der Waals surface area contributed by atoms with E-state index in [1.165, 1.54) is 0 Å².